The Bertz CT molecular complexity index is 545. The molecule has 18 heavy (non-hydrogen) atoms. The number of nitrogens with one attached hydrogen (secondary N) is 1. The van der Waals surface area contributed by atoms with Crippen LogP contribution in [0.25, 0.3) is 0 Å². The van der Waals surface area contributed by atoms with Crippen molar-refractivity contribution in [2.75, 3.05) is 0 Å². The van der Waals surface area contributed by atoms with E-state index in [1.807, 2.05) is 13.0 Å². The highest BCUT2D eigenvalue weighted by atomic mass is 16.3. The van der Waals surface area contributed by atoms with Gasteiger partial charge in [-0.2, -0.15) is 0 Å². The molecule has 4 heteroatoms. The molecule has 0 atom stereocenters. The number of phenols is 1. The molecular formula is C14H15NO3. The summed E-state index contributed by atoms with van der Waals surface area (Å²) < 4.78 is 5.35. The molecule has 2 N–H and O–H groups in total. The molecule has 0 unspecified atom stereocenters. The van der Waals surface area contributed by atoms with Crippen LogP contribution in [-0.2, 0) is 13.0 Å². The fourth-order valence-corrected chi connectivity index (χ4v) is 1.63. The van der Waals surface area contributed by atoms with Gasteiger partial charge in [0.25, 0.3) is 5.91 Å². The van der Waals surface area contributed by atoms with Gasteiger partial charge in [0, 0.05) is 13.0 Å². The SMILES string of the molecule is CCc1ccc(C(=O)NCc2cccc(O)c2)o1. The molecule has 0 radical (unpaired) electrons. The highest BCUT2D eigenvalue weighted by Gasteiger charge is 2.09. The summed E-state index contributed by atoms with van der Waals surface area (Å²) in [7, 11) is 0. The van der Waals surface area contributed by atoms with Crippen molar-refractivity contribution < 1.29 is 14.3 Å². The Labute approximate surface area is 105 Å². The Morgan fingerprint density at radius 2 is 2.17 bits per heavy atom. The van der Waals surface area contributed by atoms with Crippen LogP contribution in [0.2, 0.25) is 0 Å². The van der Waals surface area contributed by atoms with E-state index in [4.69, 9.17) is 4.42 Å². The molecule has 0 aliphatic carbocycles. The lowest BCUT2D eigenvalue weighted by Gasteiger charge is -2.03. The van der Waals surface area contributed by atoms with Gasteiger partial charge in [0.2, 0.25) is 0 Å². The van der Waals surface area contributed by atoms with E-state index in [0.717, 1.165) is 17.7 Å². The van der Waals surface area contributed by atoms with E-state index in [0.29, 0.717) is 12.3 Å². The number of amides is 1. The van der Waals surface area contributed by atoms with E-state index in [1.165, 1.54) is 0 Å². The molecule has 4 nitrogen and oxygen atoms in total. The molecule has 0 bridgehead atoms. The number of rotatable bonds is 4. The molecule has 0 aliphatic heterocycles. The minimum atomic E-state index is -0.252. The van der Waals surface area contributed by atoms with E-state index in [9.17, 15) is 9.90 Å². The molecule has 0 fully saturated rings. The lowest BCUT2D eigenvalue weighted by atomic mass is 10.2. The maximum atomic E-state index is 11.8. The van der Waals surface area contributed by atoms with Crippen LogP contribution in [0, 0.1) is 0 Å². The van der Waals surface area contributed by atoms with Gasteiger partial charge >= 0.3 is 0 Å². The van der Waals surface area contributed by atoms with Gasteiger partial charge < -0.3 is 14.8 Å². The van der Waals surface area contributed by atoms with Crippen molar-refractivity contribution in [1.82, 2.24) is 5.32 Å². The Morgan fingerprint density at radius 3 is 2.83 bits per heavy atom. The number of aromatic hydroxyl groups is 1. The third-order valence-corrected chi connectivity index (χ3v) is 2.60. The van der Waals surface area contributed by atoms with Crippen molar-refractivity contribution in [3.8, 4) is 5.75 Å². The predicted octanol–water partition coefficient (Wildman–Crippen LogP) is 2.48. The fourth-order valence-electron chi connectivity index (χ4n) is 1.63. The van der Waals surface area contributed by atoms with Gasteiger partial charge in [-0.25, -0.2) is 0 Å². The van der Waals surface area contributed by atoms with Gasteiger partial charge in [-0.3, -0.25) is 4.79 Å². The second kappa shape index (κ2) is 5.40. The topological polar surface area (TPSA) is 62.5 Å². The molecule has 0 saturated heterocycles. The quantitative estimate of drug-likeness (QED) is 0.869. The summed E-state index contributed by atoms with van der Waals surface area (Å²) in [6.07, 6.45) is 0.764. The minimum Gasteiger partial charge on any atom is -0.508 e. The molecule has 1 aromatic heterocycles. The van der Waals surface area contributed by atoms with E-state index < -0.39 is 0 Å². The van der Waals surface area contributed by atoms with Gasteiger partial charge in [-0.05, 0) is 29.8 Å². The van der Waals surface area contributed by atoms with Crippen LogP contribution in [0.4, 0.5) is 0 Å². The van der Waals surface area contributed by atoms with Crippen LogP contribution >= 0.6 is 0 Å². The molecule has 1 amide bonds. The Kier molecular flexibility index (Phi) is 3.67. The van der Waals surface area contributed by atoms with E-state index >= 15 is 0 Å². The largest absolute Gasteiger partial charge is 0.508 e. The maximum Gasteiger partial charge on any atom is 0.287 e. The first kappa shape index (κ1) is 12.2. The molecule has 1 heterocycles. The van der Waals surface area contributed by atoms with E-state index in [1.54, 1.807) is 30.3 Å². The van der Waals surface area contributed by atoms with Crippen LogP contribution in [0.5, 0.6) is 5.75 Å². The van der Waals surface area contributed by atoms with Gasteiger partial charge in [-0.15, -0.1) is 0 Å². The summed E-state index contributed by atoms with van der Waals surface area (Å²) in [5.74, 6) is 1.04. The van der Waals surface area contributed by atoms with Crippen LogP contribution in [0.1, 0.15) is 28.8 Å². The Morgan fingerprint density at radius 1 is 1.33 bits per heavy atom. The Hall–Kier alpha value is -2.23. The second-order valence-electron chi connectivity index (χ2n) is 3.97. The standard InChI is InChI=1S/C14H15NO3/c1-2-12-6-7-13(18-12)14(17)15-9-10-4-3-5-11(16)8-10/h3-8,16H,2,9H2,1H3,(H,15,17). The van der Waals surface area contributed by atoms with Gasteiger partial charge in [0.15, 0.2) is 5.76 Å². The smallest absolute Gasteiger partial charge is 0.287 e. The van der Waals surface area contributed by atoms with E-state index in [-0.39, 0.29) is 11.7 Å². The first-order chi connectivity index (χ1) is 8.69. The summed E-state index contributed by atoms with van der Waals surface area (Å²) in [5, 5.41) is 12.0. The molecule has 94 valence electrons. The number of benzene rings is 1. The molecule has 0 aliphatic rings. The number of hydrogen-bond acceptors (Lipinski definition) is 3. The summed E-state index contributed by atoms with van der Waals surface area (Å²) >= 11 is 0. The van der Waals surface area contributed by atoms with Crippen LogP contribution in [-0.4, -0.2) is 11.0 Å². The molecule has 2 aromatic rings. The number of carbonyl (C=O) groups is 1. The number of hydrogen-bond donors (Lipinski definition) is 2. The van der Waals surface area contributed by atoms with Crippen molar-refractivity contribution in [2.45, 2.75) is 19.9 Å². The monoisotopic (exact) mass is 245 g/mol. The molecule has 1 aromatic carbocycles. The zero-order chi connectivity index (χ0) is 13.0. The molecule has 2 rings (SSSR count). The van der Waals surface area contributed by atoms with E-state index in [2.05, 4.69) is 5.32 Å². The van der Waals surface area contributed by atoms with Gasteiger partial charge in [0.1, 0.15) is 11.5 Å². The average molecular weight is 245 g/mol. The van der Waals surface area contributed by atoms with Gasteiger partial charge in [0.05, 0.1) is 0 Å². The first-order valence-corrected chi connectivity index (χ1v) is 5.84. The lowest BCUT2D eigenvalue weighted by Crippen LogP contribution is -2.22. The normalized spacial score (nSPS) is 10.3. The third kappa shape index (κ3) is 2.91. The number of phenolic OH excluding ortho intramolecular Hbond substituents is 1. The van der Waals surface area contributed by atoms with Crippen molar-refractivity contribution in [1.29, 1.82) is 0 Å². The molecule has 0 spiro atoms. The van der Waals surface area contributed by atoms with Crippen LogP contribution in [0.3, 0.4) is 0 Å². The van der Waals surface area contributed by atoms with Gasteiger partial charge in [-0.1, -0.05) is 19.1 Å². The summed E-state index contributed by atoms with van der Waals surface area (Å²) in [4.78, 5) is 11.8. The predicted molar refractivity (Wildman–Crippen MR) is 67.4 cm³/mol. The number of aryl methyl sites for hydroxylation is 1. The minimum absolute atomic E-state index is 0.188. The number of carbonyl (C=O) groups excluding carboxylic acids is 1. The van der Waals surface area contributed by atoms with Crippen molar-refractivity contribution >= 4 is 5.91 Å². The summed E-state index contributed by atoms with van der Waals surface area (Å²) in [6, 6.07) is 10.2. The average Bonchev–Trinajstić information content (AvgIpc) is 2.85. The second-order valence-corrected chi connectivity index (χ2v) is 3.97. The highest BCUT2D eigenvalue weighted by molar-refractivity contribution is 5.91. The lowest BCUT2D eigenvalue weighted by molar-refractivity contribution is 0.0921. The van der Waals surface area contributed by atoms with Crippen molar-refractivity contribution in [3.63, 3.8) is 0 Å². The molecular weight excluding hydrogens is 230 g/mol. The number of furan rings is 1. The summed E-state index contributed by atoms with van der Waals surface area (Å²) in [6.45, 7) is 2.32. The highest BCUT2D eigenvalue weighted by Crippen LogP contribution is 2.11. The summed E-state index contributed by atoms with van der Waals surface area (Å²) in [5.41, 5.74) is 0.839. The maximum absolute atomic E-state index is 11.8. The first-order valence-electron chi connectivity index (χ1n) is 5.84. The molecule has 0 saturated carbocycles. The fraction of sp³-hybridized carbons (Fsp3) is 0.214. The van der Waals surface area contributed by atoms with Crippen molar-refractivity contribution in [2.24, 2.45) is 0 Å². The van der Waals surface area contributed by atoms with Crippen LogP contribution < -0.4 is 5.32 Å². The zero-order valence-electron chi connectivity index (χ0n) is 10.1. The zero-order valence-corrected chi connectivity index (χ0v) is 10.1. The third-order valence-electron chi connectivity index (χ3n) is 2.60. The van der Waals surface area contributed by atoms with Crippen molar-refractivity contribution in [3.05, 3.63) is 53.5 Å². The van der Waals surface area contributed by atoms with Crippen LogP contribution in [0.15, 0.2) is 40.8 Å². The Balaban J connectivity index is 1.96.